The van der Waals surface area contributed by atoms with Crippen molar-refractivity contribution in [1.29, 1.82) is 0 Å². The van der Waals surface area contributed by atoms with E-state index in [1.165, 1.54) is 128 Å². The number of allylic oxidation sites excluding steroid dienone is 5. The summed E-state index contributed by atoms with van der Waals surface area (Å²) in [5.41, 5.74) is 0. The normalized spacial score (nSPS) is 13.7. The van der Waals surface area contributed by atoms with E-state index in [0.29, 0.717) is 12.8 Å². The van der Waals surface area contributed by atoms with Crippen molar-refractivity contribution in [3.05, 3.63) is 36.5 Å². The molecule has 0 rings (SSSR count). The van der Waals surface area contributed by atoms with E-state index in [1.54, 1.807) is 0 Å². The highest BCUT2D eigenvalue weighted by Gasteiger charge is 2.23. The Bertz CT molecular complexity index is 884. The summed E-state index contributed by atoms with van der Waals surface area (Å²) in [6, 6.07) is -0.729. The maximum atomic E-state index is 13.1. The molecular weight excluding hydrogens is 659 g/mol. The van der Waals surface area contributed by atoms with Crippen LogP contribution in [-0.4, -0.2) is 46.9 Å². The van der Waals surface area contributed by atoms with Gasteiger partial charge in [-0.25, -0.2) is 0 Å². The van der Waals surface area contributed by atoms with Gasteiger partial charge in [-0.3, -0.25) is 9.59 Å². The van der Waals surface area contributed by atoms with Crippen LogP contribution >= 0.6 is 0 Å². The zero-order chi connectivity index (χ0) is 38.9. The molecule has 310 valence electrons. The van der Waals surface area contributed by atoms with Gasteiger partial charge in [-0.15, -0.1) is 0 Å². The van der Waals surface area contributed by atoms with Crippen LogP contribution in [0, 0.1) is 0 Å². The van der Waals surface area contributed by atoms with Crippen LogP contribution < -0.4 is 5.32 Å². The second-order valence-electron chi connectivity index (χ2n) is 15.4. The summed E-state index contributed by atoms with van der Waals surface area (Å²) in [6.07, 6.45) is 46.6. The number of ether oxygens (including phenoxy) is 1. The van der Waals surface area contributed by atoms with Gasteiger partial charge in [0, 0.05) is 6.42 Å². The number of nitrogens with one attached hydrogen (secondary N) is 1. The monoisotopic (exact) mass is 746 g/mol. The third-order valence-electron chi connectivity index (χ3n) is 10.2. The van der Waals surface area contributed by atoms with Gasteiger partial charge in [0.05, 0.1) is 25.2 Å². The lowest BCUT2D eigenvalue weighted by molar-refractivity contribution is -0.148. The Labute approximate surface area is 328 Å². The minimum atomic E-state index is -0.808. The Morgan fingerprint density at radius 1 is 0.566 bits per heavy atom. The maximum Gasteiger partial charge on any atom is 0.306 e. The van der Waals surface area contributed by atoms with Gasteiger partial charge in [0.25, 0.3) is 0 Å². The smallest absolute Gasteiger partial charge is 0.306 e. The molecule has 0 saturated carbocycles. The van der Waals surface area contributed by atoms with Gasteiger partial charge in [0.1, 0.15) is 6.10 Å². The lowest BCUT2D eigenvalue weighted by Crippen LogP contribution is -2.46. The van der Waals surface area contributed by atoms with Crippen LogP contribution in [0.3, 0.4) is 0 Å². The fourth-order valence-corrected chi connectivity index (χ4v) is 6.68. The Morgan fingerprint density at radius 3 is 1.53 bits per heavy atom. The quantitative estimate of drug-likeness (QED) is 0.0330. The number of esters is 1. The molecule has 3 N–H and O–H groups in total. The van der Waals surface area contributed by atoms with Crippen molar-refractivity contribution in [1.82, 2.24) is 5.32 Å². The molecule has 0 aliphatic carbocycles. The van der Waals surface area contributed by atoms with Crippen LogP contribution in [0.2, 0.25) is 0 Å². The van der Waals surface area contributed by atoms with E-state index in [-0.39, 0.29) is 24.9 Å². The number of amides is 1. The van der Waals surface area contributed by atoms with E-state index in [9.17, 15) is 19.8 Å². The lowest BCUT2D eigenvalue weighted by Gasteiger charge is -2.23. The van der Waals surface area contributed by atoms with Crippen molar-refractivity contribution >= 4 is 11.9 Å². The number of carbonyl (C=O) groups is 2. The zero-order valence-corrected chi connectivity index (χ0v) is 35.1. The van der Waals surface area contributed by atoms with Crippen LogP contribution in [0.5, 0.6) is 0 Å². The molecule has 0 aliphatic heterocycles. The van der Waals surface area contributed by atoms with Crippen molar-refractivity contribution < 1.29 is 24.5 Å². The van der Waals surface area contributed by atoms with Crippen LogP contribution in [0.4, 0.5) is 0 Å². The molecule has 6 nitrogen and oxygen atoms in total. The van der Waals surface area contributed by atoms with E-state index in [4.69, 9.17) is 4.74 Å². The number of carbonyl (C=O) groups excluding carboxylic acids is 2. The lowest BCUT2D eigenvalue weighted by atomic mass is 10.0. The van der Waals surface area contributed by atoms with Gasteiger partial charge in [-0.05, 0) is 63.9 Å². The number of unbranched alkanes of at least 4 members (excludes halogenated alkanes) is 24. The third kappa shape index (κ3) is 36.8. The predicted molar refractivity (Wildman–Crippen MR) is 227 cm³/mol. The number of hydrogen-bond donors (Lipinski definition) is 3. The second kappa shape index (κ2) is 41.2. The fourth-order valence-electron chi connectivity index (χ4n) is 6.68. The summed E-state index contributed by atoms with van der Waals surface area (Å²) in [6.45, 7) is 6.39. The number of aliphatic hydroxyl groups is 2. The topological polar surface area (TPSA) is 95.9 Å². The summed E-state index contributed by atoms with van der Waals surface area (Å²) < 4.78 is 5.79. The molecule has 0 saturated heterocycles. The highest BCUT2D eigenvalue weighted by atomic mass is 16.5. The van der Waals surface area contributed by atoms with Gasteiger partial charge in [-0.1, -0.05) is 186 Å². The summed E-state index contributed by atoms with van der Waals surface area (Å²) in [4.78, 5) is 25.9. The Balaban J connectivity index is 4.69. The Morgan fingerprint density at radius 2 is 1.00 bits per heavy atom. The van der Waals surface area contributed by atoms with E-state index in [1.807, 2.05) is 12.2 Å². The molecule has 0 aliphatic rings. The molecule has 0 aromatic rings. The number of hydrogen-bond acceptors (Lipinski definition) is 5. The molecule has 0 fully saturated rings. The van der Waals surface area contributed by atoms with Gasteiger partial charge in [0.2, 0.25) is 5.91 Å². The van der Waals surface area contributed by atoms with Crippen molar-refractivity contribution in [2.45, 2.75) is 244 Å². The van der Waals surface area contributed by atoms with E-state index in [0.717, 1.165) is 57.8 Å². The first kappa shape index (κ1) is 51.1. The minimum Gasteiger partial charge on any atom is -0.458 e. The van der Waals surface area contributed by atoms with Crippen LogP contribution in [0.25, 0.3) is 0 Å². The van der Waals surface area contributed by atoms with Crippen molar-refractivity contribution in [3.63, 3.8) is 0 Å². The first-order valence-electron chi connectivity index (χ1n) is 22.7. The van der Waals surface area contributed by atoms with Crippen molar-refractivity contribution in [3.8, 4) is 0 Å². The molecule has 0 bridgehead atoms. The Kier molecular flexibility index (Phi) is 39.8. The van der Waals surface area contributed by atoms with E-state index >= 15 is 0 Å². The highest BCUT2D eigenvalue weighted by molar-refractivity contribution is 5.78. The predicted octanol–water partition coefficient (Wildman–Crippen LogP) is 12.9. The van der Waals surface area contributed by atoms with E-state index < -0.39 is 18.2 Å². The zero-order valence-electron chi connectivity index (χ0n) is 35.1. The number of rotatable bonds is 40. The molecule has 6 heteroatoms. The first-order valence-corrected chi connectivity index (χ1v) is 22.7. The van der Waals surface area contributed by atoms with Gasteiger partial charge >= 0.3 is 5.97 Å². The highest BCUT2D eigenvalue weighted by Crippen LogP contribution is 2.15. The van der Waals surface area contributed by atoms with Crippen molar-refractivity contribution in [2.24, 2.45) is 0 Å². The molecule has 3 unspecified atom stereocenters. The first-order chi connectivity index (χ1) is 26.0. The van der Waals surface area contributed by atoms with Gasteiger partial charge < -0.3 is 20.3 Å². The van der Waals surface area contributed by atoms with Gasteiger partial charge in [0.15, 0.2) is 0 Å². The molecule has 53 heavy (non-hydrogen) atoms. The van der Waals surface area contributed by atoms with Crippen LogP contribution in [0.15, 0.2) is 36.5 Å². The summed E-state index contributed by atoms with van der Waals surface area (Å²) in [5.74, 6) is -0.612. The van der Waals surface area contributed by atoms with Crippen molar-refractivity contribution in [2.75, 3.05) is 6.61 Å². The SMILES string of the molecule is CCCCC/C=C\CCCCCCCC(=O)OC(/C=C/C/C=C\CCCCCCCC)CC(=O)NC(CO)C(O)CCCCCCCCCCCCC. The molecule has 0 heterocycles. The summed E-state index contributed by atoms with van der Waals surface area (Å²) in [5, 5.41) is 23.5. The van der Waals surface area contributed by atoms with Crippen LogP contribution in [0.1, 0.15) is 226 Å². The molecule has 3 atom stereocenters. The van der Waals surface area contributed by atoms with Gasteiger partial charge in [-0.2, -0.15) is 0 Å². The Hall–Kier alpha value is -1.92. The summed E-state index contributed by atoms with van der Waals surface area (Å²) in [7, 11) is 0. The molecular formula is C47H87NO5. The molecule has 0 aromatic heterocycles. The summed E-state index contributed by atoms with van der Waals surface area (Å²) >= 11 is 0. The fraction of sp³-hybridized carbons (Fsp3) is 0.830. The minimum absolute atomic E-state index is 0.0304. The standard InChI is InChI=1S/C47H87NO5/c1-4-7-10-13-16-19-22-25-28-31-34-37-40-47(52)53-43(38-35-32-29-26-23-20-17-14-11-8-5-2)41-46(51)48-44(42-49)45(50)39-36-33-30-27-24-21-18-15-12-9-6-3/h16,19,26,29,35,38,43-45,49-50H,4-15,17-18,20-25,27-28,30-34,36-37,39-42H2,1-3H3,(H,48,51)/b19-16-,29-26-,38-35+. The van der Waals surface area contributed by atoms with E-state index in [2.05, 4.69) is 50.4 Å². The largest absolute Gasteiger partial charge is 0.458 e. The van der Waals surface area contributed by atoms with Crippen LogP contribution in [-0.2, 0) is 14.3 Å². The average Bonchev–Trinajstić information content (AvgIpc) is 3.15. The average molecular weight is 746 g/mol. The molecule has 0 aromatic carbocycles. The molecule has 0 radical (unpaired) electrons. The third-order valence-corrected chi connectivity index (χ3v) is 10.2. The maximum absolute atomic E-state index is 13.1. The molecule has 0 spiro atoms. The second-order valence-corrected chi connectivity index (χ2v) is 15.4. The molecule has 1 amide bonds. The number of aliphatic hydroxyl groups excluding tert-OH is 2.